The van der Waals surface area contributed by atoms with E-state index >= 15 is 0 Å². The van der Waals surface area contributed by atoms with Gasteiger partial charge >= 0.3 is 29.9 Å². The van der Waals surface area contributed by atoms with Gasteiger partial charge in [0.15, 0.2) is 0 Å². The van der Waals surface area contributed by atoms with Crippen LogP contribution in [0.4, 0.5) is 0 Å². The molecule has 0 aromatic carbocycles. The van der Waals surface area contributed by atoms with Crippen molar-refractivity contribution in [3.05, 3.63) is 0 Å². The normalized spacial score (nSPS) is 9.30. The topological polar surface area (TPSA) is 138 Å². The second-order valence-corrected chi connectivity index (χ2v) is 1.96. The zero-order valence-electron chi connectivity index (χ0n) is 4.46. The van der Waals surface area contributed by atoms with Gasteiger partial charge in [0, 0.05) is 0 Å². The van der Waals surface area contributed by atoms with Crippen LogP contribution in [0, 0.1) is 0 Å². The molecule has 0 aliphatic carbocycles. The minimum absolute atomic E-state index is 0. The van der Waals surface area contributed by atoms with E-state index < -0.39 is 21.8 Å². The number of hydrogen-bond donors (Lipinski definition) is 2. The van der Waals surface area contributed by atoms with Gasteiger partial charge in [0.1, 0.15) is 0 Å². The third kappa shape index (κ3) is 1540. The molecule has 0 heterocycles. The molecule has 10 heteroatoms. The Morgan fingerprint density at radius 1 is 1.20 bits per heavy atom. The fourth-order valence-corrected chi connectivity index (χ4v) is 0. The van der Waals surface area contributed by atoms with Crippen molar-refractivity contribution in [2.75, 3.05) is 0 Å². The minimum Gasteiger partial charge on any atom is -0.784 e. The van der Waals surface area contributed by atoms with Crippen LogP contribution in [0.25, 0.3) is 0 Å². The molecule has 58 valence electrons. The van der Waals surface area contributed by atoms with Gasteiger partial charge in [-0.1, -0.05) is 0 Å². The molecule has 0 aliphatic rings. The zero-order valence-corrected chi connectivity index (χ0v) is 9.06. The van der Waals surface area contributed by atoms with Crippen LogP contribution in [0.15, 0.2) is 0 Å². The minimum atomic E-state index is -4.67. The molecule has 10 heavy (non-hydrogen) atoms. The molecule has 0 aliphatic heterocycles. The van der Waals surface area contributed by atoms with Crippen molar-refractivity contribution in [1.82, 2.24) is 0 Å². The zero-order chi connectivity index (χ0) is 8.08. The van der Waals surface area contributed by atoms with Crippen LogP contribution in [0.5, 0.6) is 0 Å². The summed E-state index contributed by atoms with van der Waals surface area (Å²) in [4.78, 5) is 0. The number of rotatable bonds is 0. The van der Waals surface area contributed by atoms with Crippen molar-refractivity contribution < 1.29 is 50.3 Å². The van der Waals surface area contributed by atoms with Crippen molar-refractivity contribution >= 4 is 21.8 Å². The molecule has 7 nitrogen and oxygen atoms in total. The maximum atomic E-state index is 8.74. The smallest absolute Gasteiger partial charge is 0.784 e. The van der Waals surface area contributed by atoms with E-state index in [-0.39, 0.29) is 19.5 Å². The molecule has 0 atom stereocenters. The Labute approximate surface area is 72.3 Å². The van der Waals surface area contributed by atoms with Gasteiger partial charge in [-0.3, -0.25) is 13.3 Å². The molecule has 0 unspecified atom stereocenters. The van der Waals surface area contributed by atoms with Crippen LogP contribution in [0.3, 0.4) is 0 Å². The second-order valence-electron chi connectivity index (χ2n) is 0.652. The number of hydrogen-bond acceptors (Lipinski definition) is 5. The summed E-state index contributed by atoms with van der Waals surface area (Å²) in [6.07, 6.45) is 0. The maximum absolute atomic E-state index is 8.74. The van der Waals surface area contributed by atoms with Crippen LogP contribution in [0.2, 0.25) is 0 Å². The second kappa shape index (κ2) is 7.67. The molecular weight excluding hydrogens is 242 g/mol. The average molecular weight is 244 g/mol. The first-order chi connectivity index (χ1) is 3.73. The molecular formula is H2O7S2Zn. The van der Waals surface area contributed by atoms with Crippen LogP contribution < -0.4 is 0 Å². The molecule has 0 radical (unpaired) electrons. The molecule has 0 rings (SSSR count). The van der Waals surface area contributed by atoms with Gasteiger partial charge in [0.05, 0.1) is 0 Å². The van der Waals surface area contributed by atoms with E-state index in [2.05, 4.69) is 0 Å². The summed E-state index contributed by atoms with van der Waals surface area (Å²) >= 11 is -3.11. The van der Waals surface area contributed by atoms with Gasteiger partial charge in [-0.05, 0) is 0 Å². The summed E-state index contributed by atoms with van der Waals surface area (Å²) in [5.74, 6) is 0. The Morgan fingerprint density at radius 3 is 1.20 bits per heavy atom. The van der Waals surface area contributed by atoms with E-state index in [0.29, 0.717) is 0 Å². The van der Waals surface area contributed by atoms with Crippen LogP contribution >= 0.6 is 0 Å². The summed E-state index contributed by atoms with van der Waals surface area (Å²) in [5.41, 5.74) is 0. The quantitative estimate of drug-likeness (QED) is 0.295. The van der Waals surface area contributed by atoms with E-state index in [1.165, 1.54) is 0 Å². The molecule has 0 bridgehead atoms. The molecule has 0 saturated heterocycles. The van der Waals surface area contributed by atoms with Crippen LogP contribution in [0.1, 0.15) is 0 Å². The first kappa shape index (κ1) is 16.9. The predicted octanol–water partition coefficient (Wildman–Crippen LogP) is -1.66. The Kier molecular flexibility index (Phi) is 13.0. The monoisotopic (exact) mass is 242 g/mol. The van der Waals surface area contributed by atoms with E-state index in [1.807, 2.05) is 0 Å². The maximum Gasteiger partial charge on any atom is 2.00 e. The van der Waals surface area contributed by atoms with Crippen molar-refractivity contribution in [2.24, 2.45) is 0 Å². The van der Waals surface area contributed by atoms with Crippen LogP contribution in [-0.4, -0.2) is 30.8 Å². The molecule has 0 amide bonds. The third-order valence-corrected chi connectivity index (χ3v) is 0. The van der Waals surface area contributed by atoms with Gasteiger partial charge in [0.25, 0.3) is 0 Å². The average Bonchev–Trinajstić information content (AvgIpc) is 1.19. The molecule has 2 N–H and O–H groups in total. The molecule has 0 spiro atoms. The van der Waals surface area contributed by atoms with Gasteiger partial charge in [-0.2, -0.15) is 8.42 Å². The standard InChI is InChI=1S/H2O4S.H2O3S.Zn/c1-5(2,3)4;1-4(2)3;/h(H2,1,2,3,4);(H2,1,2,3);/q;;+2/p-2. The SMILES string of the molecule is O=S(=O)(O)O.O=S([O-])[O-].[Zn+2]. The Morgan fingerprint density at radius 2 is 1.20 bits per heavy atom. The molecule has 0 aromatic rings. The summed E-state index contributed by atoms with van der Waals surface area (Å²) < 4.78 is 56.9. The van der Waals surface area contributed by atoms with Gasteiger partial charge in [-0.15, -0.1) is 11.4 Å². The predicted molar refractivity (Wildman–Crippen MR) is 23.9 cm³/mol. The van der Waals surface area contributed by atoms with Crippen molar-refractivity contribution in [2.45, 2.75) is 0 Å². The van der Waals surface area contributed by atoms with Crippen molar-refractivity contribution in [3.63, 3.8) is 0 Å². The van der Waals surface area contributed by atoms with E-state index in [9.17, 15) is 0 Å². The fourth-order valence-electron chi connectivity index (χ4n) is 0. The summed E-state index contributed by atoms with van der Waals surface area (Å²) in [6.45, 7) is 0. The van der Waals surface area contributed by atoms with Crippen molar-refractivity contribution in [3.8, 4) is 0 Å². The molecule has 0 fully saturated rings. The van der Waals surface area contributed by atoms with Gasteiger partial charge < -0.3 is 9.11 Å². The van der Waals surface area contributed by atoms with E-state index in [4.69, 9.17) is 30.8 Å². The Bertz CT molecular complexity index is 154. The van der Waals surface area contributed by atoms with Gasteiger partial charge in [-0.25, -0.2) is 0 Å². The largest absolute Gasteiger partial charge is 2.00 e. The molecule has 0 aromatic heterocycles. The Hall–Kier alpha value is 0.563. The van der Waals surface area contributed by atoms with E-state index in [0.717, 1.165) is 0 Å². The fraction of sp³-hybridized carbons (Fsp3) is 0. The first-order valence-electron chi connectivity index (χ1n) is 1.20. The summed E-state index contributed by atoms with van der Waals surface area (Å²) in [7, 11) is -4.67. The Balaban J connectivity index is -0.0000000910. The first-order valence-corrected chi connectivity index (χ1v) is 3.60. The third-order valence-electron chi connectivity index (χ3n) is 0. The van der Waals surface area contributed by atoms with Crippen molar-refractivity contribution in [1.29, 1.82) is 0 Å². The van der Waals surface area contributed by atoms with E-state index in [1.54, 1.807) is 0 Å². The van der Waals surface area contributed by atoms with Crippen LogP contribution in [-0.2, 0) is 41.2 Å². The molecule has 0 saturated carbocycles. The summed E-state index contributed by atoms with van der Waals surface area (Å²) in [6, 6.07) is 0. The van der Waals surface area contributed by atoms with Gasteiger partial charge in [0.2, 0.25) is 0 Å². The summed E-state index contributed by atoms with van der Waals surface area (Å²) in [5, 5.41) is 0.